The smallest absolute Gasteiger partial charge is 0.221 e. The maximum atomic E-state index is 11.3. The fourth-order valence-corrected chi connectivity index (χ4v) is 2.07. The van der Waals surface area contributed by atoms with Gasteiger partial charge in [0.25, 0.3) is 0 Å². The molecule has 0 aliphatic heterocycles. The molecule has 5 heteroatoms. The minimum absolute atomic E-state index is 0.0537. The average molecular weight is 339 g/mol. The number of benzene rings is 1. The van der Waals surface area contributed by atoms with Gasteiger partial charge in [-0.25, -0.2) is 0 Å². The van der Waals surface area contributed by atoms with E-state index in [0.717, 1.165) is 15.8 Å². The number of amides is 1. The van der Waals surface area contributed by atoms with Crippen molar-refractivity contribution in [1.82, 2.24) is 10.6 Å². The van der Waals surface area contributed by atoms with Gasteiger partial charge in [0.1, 0.15) is 12.4 Å². The fraction of sp³-hybridized carbons (Fsp3) is 0.400. The van der Waals surface area contributed by atoms with Crippen LogP contribution in [0.25, 0.3) is 0 Å². The first-order chi connectivity index (χ1) is 9.67. The highest BCUT2D eigenvalue weighted by Gasteiger charge is 2.05. The monoisotopic (exact) mass is 338 g/mol. The van der Waals surface area contributed by atoms with E-state index in [2.05, 4.69) is 32.5 Å². The second kappa shape index (κ2) is 9.40. The van der Waals surface area contributed by atoms with E-state index in [1.807, 2.05) is 25.1 Å². The molecule has 0 aromatic heterocycles. The molecule has 2 N–H and O–H groups in total. The Kier molecular flexibility index (Phi) is 7.78. The highest BCUT2D eigenvalue weighted by Crippen LogP contribution is 2.23. The van der Waals surface area contributed by atoms with E-state index < -0.39 is 0 Å². The van der Waals surface area contributed by atoms with Crippen LogP contribution in [0.3, 0.4) is 0 Å². The van der Waals surface area contributed by atoms with E-state index in [1.165, 1.54) is 0 Å². The summed E-state index contributed by atoms with van der Waals surface area (Å²) >= 11 is 3.43. The van der Waals surface area contributed by atoms with Crippen LogP contribution in [0.4, 0.5) is 0 Å². The van der Waals surface area contributed by atoms with Crippen molar-refractivity contribution in [1.29, 1.82) is 0 Å². The first kappa shape index (κ1) is 16.5. The third kappa shape index (κ3) is 6.09. The molecule has 0 saturated carbocycles. The van der Waals surface area contributed by atoms with Crippen molar-refractivity contribution in [2.75, 3.05) is 19.7 Å². The summed E-state index contributed by atoms with van der Waals surface area (Å²) in [5, 5.41) is 5.98. The molecule has 0 fully saturated rings. The van der Waals surface area contributed by atoms with E-state index in [9.17, 15) is 4.79 Å². The van der Waals surface area contributed by atoms with Gasteiger partial charge in [-0.15, -0.1) is 6.42 Å². The minimum Gasteiger partial charge on any atom is -0.481 e. The first-order valence-corrected chi connectivity index (χ1v) is 7.28. The van der Waals surface area contributed by atoms with Gasteiger partial charge in [0, 0.05) is 36.1 Å². The van der Waals surface area contributed by atoms with Crippen LogP contribution in [0.15, 0.2) is 22.7 Å². The number of hydrogen-bond donors (Lipinski definition) is 2. The van der Waals surface area contributed by atoms with Crippen molar-refractivity contribution in [3.63, 3.8) is 0 Å². The van der Waals surface area contributed by atoms with Crippen LogP contribution in [-0.4, -0.2) is 25.6 Å². The van der Waals surface area contributed by atoms with Crippen molar-refractivity contribution < 1.29 is 9.53 Å². The van der Waals surface area contributed by atoms with Crippen LogP contribution < -0.4 is 15.4 Å². The van der Waals surface area contributed by atoms with Gasteiger partial charge in [0.05, 0.1) is 0 Å². The lowest BCUT2D eigenvalue weighted by atomic mass is 10.2. The number of halogens is 1. The summed E-state index contributed by atoms with van der Waals surface area (Å²) in [5.41, 5.74) is 1.01. The minimum atomic E-state index is 0.0537. The maximum absolute atomic E-state index is 11.3. The third-order valence-electron chi connectivity index (χ3n) is 2.55. The largest absolute Gasteiger partial charge is 0.481 e. The van der Waals surface area contributed by atoms with Gasteiger partial charge in [-0.05, 0) is 25.1 Å². The van der Waals surface area contributed by atoms with Crippen molar-refractivity contribution in [3.8, 4) is 18.1 Å². The van der Waals surface area contributed by atoms with Crippen molar-refractivity contribution >= 4 is 21.8 Å². The Bertz CT molecular complexity index is 483. The average Bonchev–Trinajstić information content (AvgIpc) is 2.43. The second-order valence-electron chi connectivity index (χ2n) is 4.13. The molecule has 0 unspecified atom stereocenters. The normalized spacial score (nSPS) is 9.85. The second-order valence-corrected chi connectivity index (χ2v) is 5.04. The van der Waals surface area contributed by atoms with E-state index >= 15 is 0 Å². The van der Waals surface area contributed by atoms with Gasteiger partial charge in [0.2, 0.25) is 5.91 Å². The van der Waals surface area contributed by atoms with Crippen LogP contribution in [-0.2, 0) is 11.3 Å². The topological polar surface area (TPSA) is 50.4 Å². The maximum Gasteiger partial charge on any atom is 0.221 e. The number of carbonyl (C=O) groups is 1. The Morgan fingerprint density at radius 1 is 1.50 bits per heavy atom. The molecular formula is C15H19BrN2O2. The molecular weight excluding hydrogens is 320 g/mol. The lowest BCUT2D eigenvalue weighted by Gasteiger charge is -2.11. The van der Waals surface area contributed by atoms with E-state index in [1.54, 1.807) is 0 Å². The number of nitrogens with one attached hydrogen (secondary N) is 2. The van der Waals surface area contributed by atoms with Gasteiger partial charge >= 0.3 is 0 Å². The Morgan fingerprint density at radius 3 is 3.00 bits per heavy atom. The van der Waals surface area contributed by atoms with Crippen LogP contribution in [0.5, 0.6) is 5.75 Å². The molecule has 20 heavy (non-hydrogen) atoms. The molecule has 0 atom stereocenters. The Balaban J connectivity index is 2.47. The molecule has 1 aromatic rings. The summed E-state index contributed by atoms with van der Waals surface area (Å²) in [7, 11) is 0. The van der Waals surface area contributed by atoms with Gasteiger partial charge < -0.3 is 15.4 Å². The quantitative estimate of drug-likeness (QED) is 0.563. The molecule has 0 heterocycles. The number of ether oxygens (including phenoxy) is 1. The Morgan fingerprint density at radius 2 is 2.30 bits per heavy atom. The molecule has 0 saturated heterocycles. The molecule has 1 rings (SSSR count). The molecule has 0 aliphatic carbocycles. The lowest BCUT2D eigenvalue weighted by Crippen LogP contribution is -2.27. The van der Waals surface area contributed by atoms with E-state index in [4.69, 9.17) is 11.2 Å². The Labute approximate surface area is 128 Å². The first-order valence-electron chi connectivity index (χ1n) is 6.49. The molecule has 0 radical (unpaired) electrons. The molecule has 108 valence electrons. The summed E-state index contributed by atoms with van der Waals surface area (Å²) in [6.45, 7) is 4.05. The third-order valence-corrected chi connectivity index (χ3v) is 3.05. The predicted molar refractivity (Wildman–Crippen MR) is 83.5 cm³/mol. The highest BCUT2D eigenvalue weighted by molar-refractivity contribution is 9.10. The summed E-state index contributed by atoms with van der Waals surface area (Å²) in [5.74, 6) is 3.26. The van der Waals surface area contributed by atoms with E-state index in [-0.39, 0.29) is 12.5 Å². The zero-order valence-corrected chi connectivity index (χ0v) is 13.1. The standard InChI is InChI=1S/C15H19BrN2O2/c1-3-9-20-14-6-5-13(16)10-12(14)11-17-8-7-15(19)18-4-2/h1,5-6,10,17H,4,7-9,11H2,2H3,(H,18,19). The fourth-order valence-electron chi connectivity index (χ4n) is 1.66. The van der Waals surface area contributed by atoms with E-state index in [0.29, 0.717) is 26.1 Å². The summed E-state index contributed by atoms with van der Waals surface area (Å²) in [6.07, 6.45) is 5.66. The number of terminal acetylenes is 1. The lowest BCUT2D eigenvalue weighted by molar-refractivity contribution is -0.120. The number of hydrogen-bond acceptors (Lipinski definition) is 3. The zero-order valence-electron chi connectivity index (χ0n) is 11.5. The van der Waals surface area contributed by atoms with Crippen LogP contribution >= 0.6 is 15.9 Å². The predicted octanol–water partition coefficient (Wildman–Crippen LogP) is 2.08. The van der Waals surface area contributed by atoms with Gasteiger partial charge in [-0.1, -0.05) is 21.9 Å². The number of rotatable bonds is 8. The number of carbonyl (C=O) groups excluding carboxylic acids is 1. The molecule has 0 aliphatic rings. The summed E-state index contributed by atoms with van der Waals surface area (Å²) in [4.78, 5) is 11.3. The zero-order chi connectivity index (χ0) is 14.8. The van der Waals surface area contributed by atoms with Gasteiger partial charge in [-0.2, -0.15) is 0 Å². The molecule has 1 aromatic carbocycles. The van der Waals surface area contributed by atoms with Gasteiger partial charge in [0.15, 0.2) is 0 Å². The van der Waals surface area contributed by atoms with Crippen LogP contribution in [0.2, 0.25) is 0 Å². The summed E-state index contributed by atoms with van der Waals surface area (Å²) < 4.78 is 6.46. The molecule has 1 amide bonds. The Hall–Kier alpha value is -1.51. The van der Waals surface area contributed by atoms with Crippen molar-refractivity contribution in [2.24, 2.45) is 0 Å². The summed E-state index contributed by atoms with van der Waals surface area (Å²) in [6, 6.07) is 5.76. The molecule has 0 spiro atoms. The molecule has 0 bridgehead atoms. The van der Waals surface area contributed by atoms with Crippen molar-refractivity contribution in [3.05, 3.63) is 28.2 Å². The molecule has 4 nitrogen and oxygen atoms in total. The SMILES string of the molecule is C#CCOc1ccc(Br)cc1CNCCC(=O)NCC. The van der Waals surface area contributed by atoms with Gasteiger partial charge in [-0.3, -0.25) is 4.79 Å². The highest BCUT2D eigenvalue weighted by atomic mass is 79.9. The van der Waals surface area contributed by atoms with Crippen LogP contribution in [0, 0.1) is 12.3 Å². The van der Waals surface area contributed by atoms with Crippen molar-refractivity contribution in [2.45, 2.75) is 19.9 Å². The van der Waals surface area contributed by atoms with Crippen LogP contribution in [0.1, 0.15) is 18.9 Å².